The SMILES string of the molecule is C[C]1CCC(C2CCC([C]3CCC(C)CC3)CC2)CC1. The van der Waals surface area contributed by atoms with E-state index in [1.807, 2.05) is 5.92 Å². The summed E-state index contributed by atoms with van der Waals surface area (Å²) < 4.78 is 0. The second-order valence-electron chi connectivity index (χ2n) is 8.25. The van der Waals surface area contributed by atoms with Crippen molar-refractivity contribution in [2.45, 2.75) is 90.9 Å². The first kappa shape index (κ1) is 14.9. The van der Waals surface area contributed by atoms with E-state index in [-0.39, 0.29) is 0 Å². The summed E-state index contributed by atoms with van der Waals surface area (Å²) in [4.78, 5) is 0. The number of rotatable bonds is 2. The number of hydrogen-bond donors (Lipinski definition) is 0. The van der Waals surface area contributed by atoms with Gasteiger partial charge in [0.05, 0.1) is 0 Å². The highest BCUT2D eigenvalue weighted by molar-refractivity contribution is 5.02. The molecule has 20 heavy (non-hydrogen) atoms. The number of hydrogen-bond acceptors (Lipinski definition) is 0. The van der Waals surface area contributed by atoms with Crippen molar-refractivity contribution >= 4 is 0 Å². The predicted octanol–water partition coefficient (Wildman–Crippen LogP) is 6.36. The lowest BCUT2D eigenvalue weighted by Crippen LogP contribution is -2.28. The zero-order valence-corrected chi connectivity index (χ0v) is 13.8. The average Bonchev–Trinajstić information content (AvgIpc) is 2.49. The topological polar surface area (TPSA) is 0 Å². The fourth-order valence-electron chi connectivity index (χ4n) is 5.14. The van der Waals surface area contributed by atoms with Crippen LogP contribution < -0.4 is 0 Å². The molecule has 3 fully saturated rings. The van der Waals surface area contributed by atoms with Crippen molar-refractivity contribution in [3.63, 3.8) is 0 Å². The minimum Gasteiger partial charge on any atom is -0.0625 e. The molecule has 0 aromatic heterocycles. The molecule has 2 radical (unpaired) electrons. The van der Waals surface area contributed by atoms with Crippen LogP contribution in [-0.2, 0) is 0 Å². The van der Waals surface area contributed by atoms with Gasteiger partial charge in [0.25, 0.3) is 0 Å². The molecule has 0 aromatic carbocycles. The van der Waals surface area contributed by atoms with E-state index in [2.05, 4.69) is 13.8 Å². The van der Waals surface area contributed by atoms with Gasteiger partial charge in [0.15, 0.2) is 0 Å². The zero-order chi connectivity index (χ0) is 13.9. The van der Waals surface area contributed by atoms with Crippen LogP contribution in [0, 0.1) is 35.5 Å². The molecule has 0 nitrogen and oxygen atoms in total. The minimum atomic E-state index is 0.997. The van der Waals surface area contributed by atoms with E-state index in [9.17, 15) is 0 Å². The first-order valence-electron chi connectivity index (χ1n) is 9.38. The molecular formula is C20H34. The van der Waals surface area contributed by atoms with E-state index in [0.29, 0.717) is 0 Å². The van der Waals surface area contributed by atoms with Gasteiger partial charge in [-0.15, -0.1) is 0 Å². The first-order chi connectivity index (χ1) is 9.72. The molecule has 0 heterocycles. The monoisotopic (exact) mass is 274 g/mol. The molecule has 0 aliphatic heterocycles. The molecular weight excluding hydrogens is 240 g/mol. The maximum atomic E-state index is 2.44. The van der Waals surface area contributed by atoms with Crippen LogP contribution in [0.1, 0.15) is 90.9 Å². The second kappa shape index (κ2) is 6.84. The van der Waals surface area contributed by atoms with E-state index >= 15 is 0 Å². The van der Waals surface area contributed by atoms with Crippen molar-refractivity contribution in [3.05, 3.63) is 11.8 Å². The van der Waals surface area contributed by atoms with Gasteiger partial charge < -0.3 is 0 Å². The maximum Gasteiger partial charge on any atom is -0.0210 e. The summed E-state index contributed by atoms with van der Waals surface area (Å²) in [5, 5.41) is 0. The van der Waals surface area contributed by atoms with Crippen LogP contribution in [0.15, 0.2) is 0 Å². The first-order valence-corrected chi connectivity index (χ1v) is 9.38. The third-order valence-electron chi connectivity index (χ3n) is 6.82. The Labute approximate surface area is 127 Å². The molecule has 0 atom stereocenters. The summed E-state index contributed by atoms with van der Waals surface area (Å²) in [6.45, 7) is 4.81. The van der Waals surface area contributed by atoms with E-state index in [4.69, 9.17) is 0 Å². The maximum absolute atomic E-state index is 2.44. The third-order valence-corrected chi connectivity index (χ3v) is 6.82. The molecule has 0 bridgehead atoms. The molecule has 3 aliphatic rings. The van der Waals surface area contributed by atoms with Gasteiger partial charge in [-0.25, -0.2) is 0 Å². The van der Waals surface area contributed by atoms with Crippen molar-refractivity contribution < 1.29 is 0 Å². The molecule has 0 N–H and O–H groups in total. The molecule has 0 unspecified atom stereocenters. The fraction of sp³-hybridized carbons (Fsp3) is 0.900. The van der Waals surface area contributed by atoms with Gasteiger partial charge in [0.2, 0.25) is 0 Å². The van der Waals surface area contributed by atoms with Crippen molar-refractivity contribution in [3.8, 4) is 0 Å². The molecule has 0 saturated heterocycles. The van der Waals surface area contributed by atoms with Gasteiger partial charge in [-0.1, -0.05) is 26.7 Å². The van der Waals surface area contributed by atoms with Crippen molar-refractivity contribution in [1.82, 2.24) is 0 Å². The summed E-state index contributed by atoms with van der Waals surface area (Å²) >= 11 is 0. The largest absolute Gasteiger partial charge is 0.0625 e. The van der Waals surface area contributed by atoms with E-state index in [1.54, 1.807) is 18.8 Å². The lowest BCUT2D eigenvalue weighted by atomic mass is 9.65. The van der Waals surface area contributed by atoms with Crippen molar-refractivity contribution in [1.29, 1.82) is 0 Å². The van der Waals surface area contributed by atoms with E-state index in [1.165, 1.54) is 64.2 Å². The van der Waals surface area contributed by atoms with Gasteiger partial charge in [-0.3, -0.25) is 0 Å². The average molecular weight is 274 g/mol. The second-order valence-corrected chi connectivity index (χ2v) is 8.25. The normalized spacial score (nSPS) is 36.3. The van der Waals surface area contributed by atoms with Crippen LogP contribution >= 0.6 is 0 Å². The molecule has 114 valence electrons. The summed E-state index contributed by atoms with van der Waals surface area (Å²) in [6, 6.07) is 0. The Hall–Kier alpha value is 0. The molecule has 3 rings (SSSR count). The van der Waals surface area contributed by atoms with Crippen molar-refractivity contribution in [2.75, 3.05) is 0 Å². The van der Waals surface area contributed by atoms with Crippen molar-refractivity contribution in [2.24, 2.45) is 23.7 Å². The van der Waals surface area contributed by atoms with Crippen LogP contribution in [0.4, 0.5) is 0 Å². The smallest absolute Gasteiger partial charge is 0.0210 e. The quantitative estimate of drug-likeness (QED) is 0.549. The summed E-state index contributed by atoms with van der Waals surface area (Å²) in [6.07, 6.45) is 17.9. The fourth-order valence-corrected chi connectivity index (χ4v) is 5.14. The summed E-state index contributed by atoms with van der Waals surface area (Å²) in [7, 11) is 0. The zero-order valence-electron chi connectivity index (χ0n) is 13.8. The molecule has 3 aliphatic carbocycles. The Morgan fingerprint density at radius 2 is 1.20 bits per heavy atom. The summed E-state index contributed by atoms with van der Waals surface area (Å²) in [5.74, 6) is 7.92. The highest BCUT2D eigenvalue weighted by Crippen LogP contribution is 2.46. The predicted molar refractivity (Wildman–Crippen MR) is 87.2 cm³/mol. The Morgan fingerprint density at radius 1 is 0.650 bits per heavy atom. The Balaban J connectivity index is 1.42. The Kier molecular flexibility index (Phi) is 5.10. The lowest BCUT2D eigenvalue weighted by Gasteiger charge is -2.40. The van der Waals surface area contributed by atoms with Crippen LogP contribution in [0.2, 0.25) is 0 Å². The summed E-state index contributed by atoms with van der Waals surface area (Å²) in [5.41, 5.74) is 0. The van der Waals surface area contributed by atoms with E-state index < -0.39 is 0 Å². The van der Waals surface area contributed by atoms with E-state index in [0.717, 1.165) is 23.7 Å². The Bertz CT molecular complexity index is 240. The lowest BCUT2D eigenvalue weighted by molar-refractivity contribution is 0.167. The molecule has 0 aromatic rings. The molecule has 0 spiro atoms. The van der Waals surface area contributed by atoms with Crippen LogP contribution in [0.5, 0.6) is 0 Å². The van der Waals surface area contributed by atoms with Gasteiger partial charge in [-0.05, 0) is 99.7 Å². The van der Waals surface area contributed by atoms with Gasteiger partial charge >= 0.3 is 0 Å². The van der Waals surface area contributed by atoms with Gasteiger partial charge in [0.1, 0.15) is 0 Å². The standard InChI is InChI=1S/C20H34/c1-15-3-7-17(8-4-15)19-11-13-20(14-12-19)18-9-5-16(2)6-10-18/h15,18-20H,3-14H2,1-2H3. The van der Waals surface area contributed by atoms with Crippen LogP contribution in [-0.4, -0.2) is 0 Å². The van der Waals surface area contributed by atoms with Gasteiger partial charge in [-0.2, -0.15) is 0 Å². The highest BCUT2D eigenvalue weighted by atomic mass is 14.4. The minimum absolute atomic E-state index is 0.997. The van der Waals surface area contributed by atoms with Crippen LogP contribution in [0.25, 0.3) is 0 Å². The van der Waals surface area contributed by atoms with Crippen LogP contribution in [0.3, 0.4) is 0 Å². The molecule has 0 heteroatoms. The third kappa shape index (κ3) is 3.60. The highest BCUT2D eigenvalue weighted by Gasteiger charge is 2.33. The molecule has 3 saturated carbocycles. The Morgan fingerprint density at radius 3 is 1.80 bits per heavy atom. The molecule has 0 amide bonds. The van der Waals surface area contributed by atoms with Gasteiger partial charge in [0, 0.05) is 0 Å².